The zero-order valence-electron chi connectivity index (χ0n) is 10.9. The molecule has 0 radical (unpaired) electrons. The first-order valence-corrected chi connectivity index (χ1v) is 9.58. The number of thioether (sulfide) groups is 2. The molecule has 3 rings (SSSR count). The lowest BCUT2D eigenvalue weighted by atomic mass is 10.1. The summed E-state index contributed by atoms with van der Waals surface area (Å²) in [5.41, 5.74) is 0. The van der Waals surface area contributed by atoms with Crippen LogP contribution in [0.1, 0.15) is 0 Å². The fourth-order valence-corrected chi connectivity index (χ4v) is 4.17. The van der Waals surface area contributed by atoms with Crippen LogP contribution >= 0.6 is 39.5 Å². The third-order valence-corrected chi connectivity index (χ3v) is 5.67. The molecule has 2 aliphatic heterocycles. The average Bonchev–Trinajstić information content (AvgIpc) is 2.40. The topological polar surface area (TPSA) is 32.3 Å². The van der Waals surface area contributed by atoms with Crippen LogP contribution in [0.5, 0.6) is 0 Å². The summed E-state index contributed by atoms with van der Waals surface area (Å²) in [4.78, 5) is 13.8. The minimum absolute atomic E-state index is 0.709. The molecule has 0 aromatic carbocycles. The van der Waals surface area contributed by atoms with E-state index in [-0.39, 0.29) is 0 Å². The molecule has 0 atom stereocenters. The Kier molecular flexibility index (Phi) is 4.56. The van der Waals surface area contributed by atoms with E-state index in [1.165, 1.54) is 24.6 Å². The number of hydrogen-bond acceptors (Lipinski definition) is 6. The second-order valence-corrected chi connectivity index (χ2v) is 7.59. The van der Waals surface area contributed by atoms with Crippen molar-refractivity contribution in [1.82, 2.24) is 14.9 Å². The van der Waals surface area contributed by atoms with Gasteiger partial charge in [0.1, 0.15) is 5.82 Å². The Hall–Kier alpha value is 0.0200. The Labute approximate surface area is 130 Å². The lowest BCUT2D eigenvalue weighted by molar-refractivity contribution is 0.182. The average molecular weight is 361 g/mol. The van der Waals surface area contributed by atoms with Gasteiger partial charge >= 0.3 is 0 Å². The minimum Gasteiger partial charge on any atom is -0.352 e. The third kappa shape index (κ3) is 3.04. The summed E-state index contributed by atoms with van der Waals surface area (Å²) >= 11 is 7.22. The summed E-state index contributed by atoms with van der Waals surface area (Å²) < 4.78 is 0.998. The Morgan fingerprint density at radius 1 is 1.37 bits per heavy atom. The summed E-state index contributed by atoms with van der Waals surface area (Å²) in [5.74, 6) is 3.61. The first-order valence-electron chi connectivity index (χ1n) is 6.41. The van der Waals surface area contributed by atoms with Gasteiger partial charge in [-0.15, -0.1) is 0 Å². The van der Waals surface area contributed by atoms with E-state index in [2.05, 4.69) is 47.5 Å². The van der Waals surface area contributed by atoms with Crippen molar-refractivity contribution in [3.8, 4) is 0 Å². The maximum absolute atomic E-state index is 4.60. The van der Waals surface area contributed by atoms with Crippen LogP contribution in [0.2, 0.25) is 0 Å². The van der Waals surface area contributed by atoms with Gasteiger partial charge in [-0.2, -0.15) is 11.8 Å². The maximum Gasteiger partial charge on any atom is 0.189 e. The van der Waals surface area contributed by atoms with Gasteiger partial charge in [-0.25, -0.2) is 9.97 Å². The molecule has 7 heteroatoms. The molecular formula is C12H17BrN4S2. The van der Waals surface area contributed by atoms with Gasteiger partial charge in [0.05, 0.1) is 4.47 Å². The molecule has 0 bridgehead atoms. The van der Waals surface area contributed by atoms with Gasteiger partial charge in [0.2, 0.25) is 0 Å². The van der Waals surface area contributed by atoms with Crippen molar-refractivity contribution >= 4 is 45.3 Å². The van der Waals surface area contributed by atoms with Gasteiger partial charge in [0, 0.05) is 49.9 Å². The lowest BCUT2D eigenvalue weighted by Crippen LogP contribution is -2.61. The van der Waals surface area contributed by atoms with Gasteiger partial charge in [-0.1, -0.05) is 11.8 Å². The summed E-state index contributed by atoms with van der Waals surface area (Å²) in [5, 5.41) is 0.844. The predicted molar refractivity (Wildman–Crippen MR) is 86.4 cm³/mol. The fourth-order valence-electron chi connectivity index (χ4n) is 2.46. The molecule has 1 aromatic rings. The molecule has 104 valence electrons. The van der Waals surface area contributed by atoms with Crippen molar-refractivity contribution in [1.29, 1.82) is 0 Å². The lowest BCUT2D eigenvalue weighted by Gasteiger charge is -2.47. The first-order chi connectivity index (χ1) is 9.28. The van der Waals surface area contributed by atoms with Gasteiger partial charge < -0.3 is 4.90 Å². The molecule has 3 heterocycles. The highest BCUT2D eigenvalue weighted by atomic mass is 79.9. The molecule has 0 N–H and O–H groups in total. The number of hydrogen-bond donors (Lipinski definition) is 0. The second kappa shape index (κ2) is 6.20. The largest absolute Gasteiger partial charge is 0.352 e. The smallest absolute Gasteiger partial charge is 0.189 e. The molecule has 0 amide bonds. The van der Waals surface area contributed by atoms with E-state index < -0.39 is 0 Å². The van der Waals surface area contributed by atoms with Crippen LogP contribution in [-0.2, 0) is 0 Å². The van der Waals surface area contributed by atoms with Crippen molar-refractivity contribution in [2.45, 2.75) is 11.2 Å². The Morgan fingerprint density at radius 3 is 2.79 bits per heavy atom. The minimum atomic E-state index is 0.709. The summed E-state index contributed by atoms with van der Waals surface area (Å²) in [7, 11) is 0. The molecule has 4 nitrogen and oxygen atoms in total. The van der Waals surface area contributed by atoms with E-state index in [0.717, 1.165) is 28.5 Å². The summed E-state index contributed by atoms with van der Waals surface area (Å²) in [6.45, 7) is 4.66. The van der Waals surface area contributed by atoms with Crippen LogP contribution in [0.4, 0.5) is 5.82 Å². The normalized spacial score (nSPS) is 21.5. The number of rotatable bonds is 3. The molecule has 0 saturated carbocycles. The van der Waals surface area contributed by atoms with Gasteiger partial charge in [0.15, 0.2) is 5.16 Å². The zero-order chi connectivity index (χ0) is 13.2. The highest BCUT2D eigenvalue weighted by Crippen LogP contribution is 2.30. The second-order valence-electron chi connectivity index (χ2n) is 4.74. The summed E-state index contributed by atoms with van der Waals surface area (Å²) in [6.07, 6.45) is 3.87. The van der Waals surface area contributed by atoms with Crippen LogP contribution < -0.4 is 4.90 Å². The predicted octanol–water partition coefficient (Wildman–Crippen LogP) is 2.20. The molecule has 19 heavy (non-hydrogen) atoms. The number of halogens is 1. The van der Waals surface area contributed by atoms with Crippen molar-refractivity contribution in [2.24, 2.45) is 0 Å². The van der Waals surface area contributed by atoms with Crippen molar-refractivity contribution in [3.05, 3.63) is 10.7 Å². The highest BCUT2D eigenvalue weighted by Gasteiger charge is 2.34. The Balaban J connectivity index is 1.63. The van der Waals surface area contributed by atoms with E-state index in [1.807, 2.05) is 12.5 Å². The Morgan fingerprint density at radius 2 is 2.11 bits per heavy atom. The van der Waals surface area contributed by atoms with Crippen LogP contribution in [0.3, 0.4) is 0 Å². The van der Waals surface area contributed by atoms with Gasteiger partial charge in [-0.3, -0.25) is 4.90 Å². The van der Waals surface area contributed by atoms with Crippen molar-refractivity contribution in [3.63, 3.8) is 0 Å². The molecule has 2 aliphatic rings. The van der Waals surface area contributed by atoms with Gasteiger partial charge in [-0.05, 0) is 22.2 Å². The number of aromatic nitrogens is 2. The van der Waals surface area contributed by atoms with E-state index in [1.54, 1.807) is 11.8 Å². The van der Waals surface area contributed by atoms with E-state index in [4.69, 9.17) is 0 Å². The maximum atomic E-state index is 4.60. The van der Waals surface area contributed by atoms with E-state index in [9.17, 15) is 0 Å². The number of anilines is 1. The monoisotopic (exact) mass is 360 g/mol. The third-order valence-electron chi connectivity index (χ3n) is 3.61. The van der Waals surface area contributed by atoms with Gasteiger partial charge in [0.25, 0.3) is 0 Å². The van der Waals surface area contributed by atoms with Crippen molar-refractivity contribution in [2.75, 3.05) is 48.8 Å². The van der Waals surface area contributed by atoms with Crippen molar-refractivity contribution < 1.29 is 0 Å². The Bertz CT molecular complexity index is 447. The molecule has 1 aromatic heterocycles. The van der Waals surface area contributed by atoms with E-state index in [0.29, 0.717) is 6.04 Å². The first kappa shape index (κ1) is 14.0. The molecule has 0 aliphatic carbocycles. The van der Waals surface area contributed by atoms with E-state index >= 15 is 0 Å². The molecule has 0 spiro atoms. The van der Waals surface area contributed by atoms with Crippen LogP contribution in [0.25, 0.3) is 0 Å². The standard InChI is InChI=1S/C12H17BrN4S2/c1-18-12-14-6-10(13)11(15-12)17-7-9(8-17)16-2-4-19-5-3-16/h6,9H,2-5,7-8H2,1H3. The van der Waals surface area contributed by atoms with Crippen LogP contribution in [-0.4, -0.2) is 64.9 Å². The summed E-state index contributed by atoms with van der Waals surface area (Å²) in [6, 6.07) is 0.709. The fraction of sp³-hybridized carbons (Fsp3) is 0.667. The molecule has 2 saturated heterocycles. The van der Waals surface area contributed by atoms with Crippen LogP contribution in [0.15, 0.2) is 15.8 Å². The highest BCUT2D eigenvalue weighted by molar-refractivity contribution is 9.10. The zero-order valence-corrected chi connectivity index (χ0v) is 14.1. The molecule has 0 unspecified atom stereocenters. The molecule has 2 fully saturated rings. The SMILES string of the molecule is CSc1ncc(Br)c(N2CC(N3CCSCC3)C2)n1. The quantitative estimate of drug-likeness (QED) is 0.606. The number of nitrogens with zero attached hydrogens (tertiary/aromatic N) is 4. The molecular weight excluding hydrogens is 344 g/mol. The van der Waals surface area contributed by atoms with Crippen LogP contribution in [0, 0.1) is 0 Å².